The summed E-state index contributed by atoms with van der Waals surface area (Å²) in [7, 11) is 3.54. The Kier molecular flexibility index (Phi) is 4.96. The molecular weight excluding hydrogens is 266 g/mol. The molecule has 114 valence electrons. The second kappa shape index (κ2) is 6.72. The third-order valence-corrected chi connectivity index (χ3v) is 4.02. The standard InChI is InChI=1S/C16H23N3O2/c1-18(2)15(20)13-8-10-19(11-9-13)16(21)14(17)12-6-4-3-5-7-12/h3-7,13-14H,8-11,17H2,1-2H3/t14-/m0/s1. The molecule has 0 aliphatic carbocycles. The fraction of sp³-hybridized carbons (Fsp3) is 0.500. The van der Waals surface area contributed by atoms with Gasteiger partial charge in [-0.05, 0) is 18.4 Å². The number of rotatable bonds is 3. The van der Waals surface area contributed by atoms with Gasteiger partial charge in [0.2, 0.25) is 11.8 Å². The lowest BCUT2D eigenvalue weighted by molar-refractivity contribution is -0.139. The molecule has 1 aromatic rings. The Bertz CT molecular complexity index is 494. The van der Waals surface area contributed by atoms with Crippen molar-refractivity contribution in [3.8, 4) is 0 Å². The van der Waals surface area contributed by atoms with Crippen LogP contribution < -0.4 is 5.73 Å². The summed E-state index contributed by atoms with van der Waals surface area (Å²) in [6.45, 7) is 1.20. The summed E-state index contributed by atoms with van der Waals surface area (Å²) in [6.07, 6.45) is 1.43. The van der Waals surface area contributed by atoms with Crippen LogP contribution in [0.5, 0.6) is 0 Å². The number of hydrogen-bond donors (Lipinski definition) is 1. The Morgan fingerprint density at radius 1 is 1.19 bits per heavy atom. The van der Waals surface area contributed by atoms with E-state index >= 15 is 0 Å². The van der Waals surface area contributed by atoms with Crippen LogP contribution in [0, 0.1) is 5.92 Å². The van der Waals surface area contributed by atoms with E-state index in [0.717, 1.165) is 5.56 Å². The Labute approximate surface area is 125 Å². The molecule has 2 rings (SSSR count). The number of carbonyl (C=O) groups is 2. The largest absolute Gasteiger partial charge is 0.349 e. The number of carbonyl (C=O) groups excluding carboxylic acids is 2. The molecule has 1 aliphatic rings. The number of likely N-dealkylation sites (tertiary alicyclic amines) is 1. The average Bonchev–Trinajstić information content (AvgIpc) is 2.53. The molecule has 1 heterocycles. The molecule has 21 heavy (non-hydrogen) atoms. The molecule has 5 nitrogen and oxygen atoms in total. The summed E-state index contributed by atoms with van der Waals surface area (Å²) >= 11 is 0. The summed E-state index contributed by atoms with van der Waals surface area (Å²) in [6, 6.07) is 8.77. The van der Waals surface area contributed by atoms with Gasteiger partial charge in [-0.2, -0.15) is 0 Å². The van der Waals surface area contributed by atoms with Crippen molar-refractivity contribution < 1.29 is 9.59 Å². The maximum atomic E-state index is 12.4. The molecule has 0 unspecified atom stereocenters. The Hall–Kier alpha value is -1.88. The molecule has 1 aromatic carbocycles. The van der Waals surface area contributed by atoms with Gasteiger partial charge in [-0.15, -0.1) is 0 Å². The highest BCUT2D eigenvalue weighted by Crippen LogP contribution is 2.21. The highest BCUT2D eigenvalue weighted by atomic mass is 16.2. The zero-order valence-corrected chi connectivity index (χ0v) is 12.7. The molecule has 0 bridgehead atoms. The van der Waals surface area contributed by atoms with Crippen molar-refractivity contribution >= 4 is 11.8 Å². The topological polar surface area (TPSA) is 66.6 Å². The SMILES string of the molecule is CN(C)C(=O)C1CCN(C(=O)[C@@H](N)c2ccccc2)CC1. The zero-order valence-electron chi connectivity index (χ0n) is 12.7. The van der Waals surface area contributed by atoms with Gasteiger partial charge in [0.25, 0.3) is 0 Å². The number of nitrogens with zero attached hydrogens (tertiary/aromatic N) is 2. The van der Waals surface area contributed by atoms with Gasteiger partial charge in [0.15, 0.2) is 0 Å². The monoisotopic (exact) mass is 289 g/mol. The predicted octanol–water partition coefficient (Wildman–Crippen LogP) is 1.01. The zero-order chi connectivity index (χ0) is 15.4. The maximum absolute atomic E-state index is 12.4. The summed E-state index contributed by atoms with van der Waals surface area (Å²) < 4.78 is 0. The van der Waals surface area contributed by atoms with Crippen LogP contribution in [0.4, 0.5) is 0 Å². The molecule has 1 fully saturated rings. The van der Waals surface area contributed by atoms with Gasteiger partial charge in [0, 0.05) is 33.1 Å². The average molecular weight is 289 g/mol. The van der Waals surface area contributed by atoms with Gasteiger partial charge < -0.3 is 15.5 Å². The van der Waals surface area contributed by atoms with Crippen molar-refractivity contribution in [2.75, 3.05) is 27.2 Å². The number of piperidine rings is 1. The van der Waals surface area contributed by atoms with Crippen molar-refractivity contribution in [2.45, 2.75) is 18.9 Å². The van der Waals surface area contributed by atoms with Crippen LogP contribution in [0.15, 0.2) is 30.3 Å². The quantitative estimate of drug-likeness (QED) is 0.903. The Balaban J connectivity index is 1.93. The van der Waals surface area contributed by atoms with E-state index in [4.69, 9.17) is 5.73 Å². The van der Waals surface area contributed by atoms with Crippen LogP contribution in [0.3, 0.4) is 0 Å². The van der Waals surface area contributed by atoms with Gasteiger partial charge in [0.1, 0.15) is 6.04 Å². The first-order chi connectivity index (χ1) is 10.0. The second-order valence-electron chi connectivity index (χ2n) is 5.72. The van der Waals surface area contributed by atoms with Crippen LogP contribution in [0.2, 0.25) is 0 Å². The molecule has 1 aliphatic heterocycles. The summed E-state index contributed by atoms with van der Waals surface area (Å²) in [5.41, 5.74) is 6.87. The lowest BCUT2D eigenvalue weighted by Gasteiger charge is -2.33. The molecule has 0 radical (unpaired) electrons. The lowest BCUT2D eigenvalue weighted by atomic mass is 9.94. The number of benzene rings is 1. The van der Waals surface area contributed by atoms with E-state index in [0.29, 0.717) is 25.9 Å². The van der Waals surface area contributed by atoms with E-state index in [-0.39, 0.29) is 17.7 Å². The van der Waals surface area contributed by atoms with Gasteiger partial charge >= 0.3 is 0 Å². The van der Waals surface area contributed by atoms with Crippen LogP contribution in [-0.4, -0.2) is 48.8 Å². The van der Waals surface area contributed by atoms with Crippen LogP contribution >= 0.6 is 0 Å². The molecule has 2 amide bonds. The first-order valence-electron chi connectivity index (χ1n) is 7.31. The van der Waals surface area contributed by atoms with Gasteiger partial charge in [-0.1, -0.05) is 30.3 Å². The van der Waals surface area contributed by atoms with Crippen LogP contribution in [-0.2, 0) is 9.59 Å². The first-order valence-corrected chi connectivity index (χ1v) is 7.31. The van der Waals surface area contributed by atoms with E-state index in [2.05, 4.69) is 0 Å². The summed E-state index contributed by atoms with van der Waals surface area (Å²) in [4.78, 5) is 27.7. The van der Waals surface area contributed by atoms with E-state index in [1.807, 2.05) is 30.3 Å². The minimum absolute atomic E-state index is 0.0250. The molecule has 0 aromatic heterocycles. The fourth-order valence-corrected chi connectivity index (χ4v) is 2.71. The number of amides is 2. The highest BCUT2D eigenvalue weighted by molar-refractivity contribution is 5.84. The minimum atomic E-state index is -0.618. The summed E-state index contributed by atoms with van der Waals surface area (Å²) in [5.74, 6) is 0.114. The van der Waals surface area contributed by atoms with E-state index in [1.54, 1.807) is 23.9 Å². The van der Waals surface area contributed by atoms with Gasteiger partial charge in [-0.25, -0.2) is 0 Å². The van der Waals surface area contributed by atoms with Crippen molar-refractivity contribution in [2.24, 2.45) is 11.7 Å². The predicted molar refractivity (Wildman–Crippen MR) is 81.4 cm³/mol. The third kappa shape index (κ3) is 3.61. The van der Waals surface area contributed by atoms with E-state index < -0.39 is 6.04 Å². The van der Waals surface area contributed by atoms with E-state index in [9.17, 15) is 9.59 Å². The number of hydrogen-bond acceptors (Lipinski definition) is 3. The smallest absolute Gasteiger partial charge is 0.244 e. The first kappa shape index (κ1) is 15.5. The fourth-order valence-electron chi connectivity index (χ4n) is 2.71. The molecule has 0 saturated carbocycles. The van der Waals surface area contributed by atoms with Crippen molar-refractivity contribution in [3.05, 3.63) is 35.9 Å². The molecular formula is C16H23N3O2. The third-order valence-electron chi connectivity index (χ3n) is 4.02. The van der Waals surface area contributed by atoms with Crippen molar-refractivity contribution in [1.82, 2.24) is 9.80 Å². The molecule has 1 atom stereocenters. The Morgan fingerprint density at radius 2 is 1.76 bits per heavy atom. The normalized spacial score (nSPS) is 17.4. The Morgan fingerprint density at radius 3 is 2.29 bits per heavy atom. The van der Waals surface area contributed by atoms with Crippen molar-refractivity contribution in [1.29, 1.82) is 0 Å². The molecule has 5 heteroatoms. The summed E-state index contributed by atoms with van der Waals surface area (Å²) in [5, 5.41) is 0. The maximum Gasteiger partial charge on any atom is 0.244 e. The highest BCUT2D eigenvalue weighted by Gasteiger charge is 2.30. The van der Waals surface area contributed by atoms with Crippen molar-refractivity contribution in [3.63, 3.8) is 0 Å². The minimum Gasteiger partial charge on any atom is -0.349 e. The molecule has 1 saturated heterocycles. The van der Waals surface area contributed by atoms with E-state index in [1.165, 1.54) is 0 Å². The van der Waals surface area contributed by atoms with Crippen LogP contribution in [0.1, 0.15) is 24.4 Å². The molecule has 0 spiro atoms. The van der Waals surface area contributed by atoms with Gasteiger partial charge in [0.05, 0.1) is 0 Å². The van der Waals surface area contributed by atoms with Gasteiger partial charge in [-0.3, -0.25) is 9.59 Å². The lowest BCUT2D eigenvalue weighted by Crippen LogP contribution is -2.45. The number of nitrogens with two attached hydrogens (primary N) is 1. The van der Waals surface area contributed by atoms with Crippen LogP contribution in [0.25, 0.3) is 0 Å². The second-order valence-corrected chi connectivity index (χ2v) is 5.72. The molecule has 2 N–H and O–H groups in total.